The normalized spacial score (nSPS) is 11.0. The average molecular weight is 333 g/mol. The third kappa shape index (κ3) is 5.41. The summed E-state index contributed by atoms with van der Waals surface area (Å²) in [7, 11) is -3.40. The summed E-state index contributed by atoms with van der Waals surface area (Å²) in [5.41, 5.74) is 0.996. The van der Waals surface area contributed by atoms with Crippen molar-refractivity contribution in [2.75, 3.05) is 18.9 Å². The quantitative estimate of drug-likeness (QED) is 0.841. The molecule has 0 aliphatic rings. The minimum Gasteiger partial charge on any atom is -0.484 e. The van der Waals surface area contributed by atoms with Gasteiger partial charge in [0.1, 0.15) is 5.75 Å². The van der Waals surface area contributed by atoms with Crippen molar-refractivity contribution in [1.29, 1.82) is 0 Å². The lowest BCUT2D eigenvalue weighted by atomic mass is 10.2. The van der Waals surface area contributed by atoms with Crippen LogP contribution in [-0.4, -0.2) is 33.2 Å². The van der Waals surface area contributed by atoms with Gasteiger partial charge in [0, 0.05) is 6.54 Å². The number of rotatable bonds is 7. The molecule has 0 saturated carbocycles. The molecule has 0 aromatic heterocycles. The molecule has 0 aliphatic heterocycles. The van der Waals surface area contributed by atoms with Crippen LogP contribution in [0.25, 0.3) is 0 Å². The van der Waals surface area contributed by atoms with Crippen LogP contribution in [0.4, 0.5) is 0 Å². The molecule has 0 heterocycles. The van der Waals surface area contributed by atoms with E-state index in [0.717, 1.165) is 5.56 Å². The highest BCUT2D eigenvalue weighted by Gasteiger charge is 2.14. The average Bonchev–Trinajstić information content (AvgIpc) is 2.54. The minimum absolute atomic E-state index is 0.0488. The zero-order valence-corrected chi connectivity index (χ0v) is 13.7. The molecule has 0 bridgehead atoms. The topological polar surface area (TPSA) is 72.5 Å². The zero-order chi connectivity index (χ0) is 16.7. The van der Waals surface area contributed by atoms with Gasteiger partial charge in [-0.3, -0.25) is 4.79 Å². The highest BCUT2D eigenvalue weighted by atomic mass is 32.2. The van der Waals surface area contributed by atoms with E-state index in [9.17, 15) is 13.2 Å². The number of carbonyl (C=O) groups excluding carboxylic acids is 1. The van der Waals surface area contributed by atoms with Crippen molar-refractivity contribution < 1.29 is 17.9 Å². The van der Waals surface area contributed by atoms with Crippen molar-refractivity contribution in [2.45, 2.75) is 11.8 Å². The van der Waals surface area contributed by atoms with Crippen LogP contribution in [0.3, 0.4) is 0 Å². The number of sulfone groups is 1. The summed E-state index contributed by atoms with van der Waals surface area (Å²) in [6, 6.07) is 15.6. The Hall–Kier alpha value is -2.34. The first-order valence-corrected chi connectivity index (χ1v) is 8.86. The van der Waals surface area contributed by atoms with E-state index in [0.29, 0.717) is 5.75 Å². The van der Waals surface area contributed by atoms with Crippen molar-refractivity contribution >= 4 is 15.7 Å². The lowest BCUT2D eigenvalue weighted by Crippen LogP contribution is -2.32. The highest BCUT2D eigenvalue weighted by Crippen LogP contribution is 2.11. The molecule has 0 radical (unpaired) electrons. The zero-order valence-electron chi connectivity index (χ0n) is 12.9. The number of hydrogen-bond acceptors (Lipinski definition) is 4. The molecule has 5 nitrogen and oxygen atoms in total. The van der Waals surface area contributed by atoms with Gasteiger partial charge in [-0.25, -0.2) is 8.42 Å². The molecule has 23 heavy (non-hydrogen) atoms. The van der Waals surface area contributed by atoms with Crippen LogP contribution in [0.15, 0.2) is 59.5 Å². The molecule has 1 amide bonds. The molecule has 0 atom stereocenters. The number of amides is 1. The number of hydrogen-bond donors (Lipinski definition) is 1. The maximum absolute atomic E-state index is 12.1. The second-order valence-corrected chi connectivity index (χ2v) is 7.19. The molecular weight excluding hydrogens is 314 g/mol. The number of benzene rings is 2. The molecule has 0 aliphatic carbocycles. The van der Waals surface area contributed by atoms with Crippen LogP contribution < -0.4 is 10.1 Å². The van der Waals surface area contributed by atoms with E-state index in [1.54, 1.807) is 48.5 Å². The van der Waals surface area contributed by atoms with Crippen LogP contribution in [0.1, 0.15) is 5.56 Å². The van der Waals surface area contributed by atoms with E-state index in [1.165, 1.54) is 0 Å². The van der Waals surface area contributed by atoms with Gasteiger partial charge in [-0.2, -0.15) is 0 Å². The Kier molecular flexibility index (Phi) is 5.76. The largest absolute Gasteiger partial charge is 0.484 e. The Morgan fingerprint density at radius 2 is 1.70 bits per heavy atom. The minimum atomic E-state index is -3.40. The maximum Gasteiger partial charge on any atom is 0.257 e. The predicted molar refractivity (Wildman–Crippen MR) is 88.2 cm³/mol. The standard InChI is InChI=1S/C17H19NO4S/c1-14-7-9-16(10-8-14)23(20,21)12-11-18-17(19)13-22-15-5-3-2-4-6-15/h2-10H,11-13H2,1H3,(H,18,19). The summed E-state index contributed by atoms with van der Waals surface area (Å²) in [4.78, 5) is 11.9. The van der Waals surface area contributed by atoms with Gasteiger partial charge < -0.3 is 10.1 Å². The Morgan fingerprint density at radius 1 is 1.04 bits per heavy atom. The Labute approximate surface area is 136 Å². The molecule has 2 aromatic carbocycles. The summed E-state index contributed by atoms with van der Waals surface area (Å²) in [5, 5.41) is 2.55. The van der Waals surface area contributed by atoms with Gasteiger partial charge in [0.2, 0.25) is 0 Å². The summed E-state index contributed by atoms with van der Waals surface area (Å²) < 4.78 is 29.5. The Balaban J connectivity index is 1.77. The monoisotopic (exact) mass is 333 g/mol. The van der Waals surface area contributed by atoms with Gasteiger partial charge in [-0.15, -0.1) is 0 Å². The van der Waals surface area contributed by atoms with E-state index in [-0.39, 0.29) is 29.7 Å². The molecule has 122 valence electrons. The molecule has 6 heteroatoms. The van der Waals surface area contributed by atoms with Crippen LogP contribution in [-0.2, 0) is 14.6 Å². The molecule has 0 saturated heterocycles. The molecule has 2 rings (SSSR count). The summed E-state index contributed by atoms with van der Waals surface area (Å²) >= 11 is 0. The molecule has 0 fully saturated rings. The van der Waals surface area contributed by atoms with Gasteiger partial charge in [0.25, 0.3) is 5.91 Å². The maximum atomic E-state index is 12.1. The number of para-hydroxylation sites is 1. The van der Waals surface area contributed by atoms with Crippen molar-refractivity contribution in [3.63, 3.8) is 0 Å². The van der Waals surface area contributed by atoms with Gasteiger partial charge in [-0.05, 0) is 31.2 Å². The third-order valence-electron chi connectivity index (χ3n) is 3.19. The van der Waals surface area contributed by atoms with E-state index < -0.39 is 9.84 Å². The number of nitrogens with one attached hydrogen (secondary N) is 1. The highest BCUT2D eigenvalue weighted by molar-refractivity contribution is 7.91. The molecule has 0 unspecified atom stereocenters. The summed E-state index contributed by atoms with van der Waals surface area (Å²) in [5.74, 6) is 0.0931. The smallest absolute Gasteiger partial charge is 0.257 e. The van der Waals surface area contributed by atoms with Crippen molar-refractivity contribution in [1.82, 2.24) is 5.32 Å². The van der Waals surface area contributed by atoms with Gasteiger partial charge in [0.05, 0.1) is 10.6 Å². The molecule has 0 spiro atoms. The van der Waals surface area contributed by atoms with Gasteiger partial charge >= 0.3 is 0 Å². The second-order valence-electron chi connectivity index (χ2n) is 5.08. The number of carbonyl (C=O) groups is 1. The van der Waals surface area contributed by atoms with Crippen molar-refractivity contribution in [2.24, 2.45) is 0 Å². The fourth-order valence-corrected chi connectivity index (χ4v) is 3.06. The van der Waals surface area contributed by atoms with Crippen molar-refractivity contribution in [3.8, 4) is 5.75 Å². The first kappa shape index (κ1) is 17.0. The first-order chi connectivity index (χ1) is 11.0. The number of aryl methyl sites for hydroxylation is 1. The fraction of sp³-hybridized carbons (Fsp3) is 0.235. The van der Waals surface area contributed by atoms with E-state index >= 15 is 0 Å². The lowest BCUT2D eigenvalue weighted by molar-refractivity contribution is -0.122. The van der Waals surface area contributed by atoms with Crippen LogP contribution in [0.2, 0.25) is 0 Å². The first-order valence-electron chi connectivity index (χ1n) is 7.21. The van der Waals surface area contributed by atoms with E-state index in [1.807, 2.05) is 13.0 Å². The molecular formula is C17H19NO4S. The van der Waals surface area contributed by atoms with Crippen molar-refractivity contribution in [3.05, 3.63) is 60.2 Å². The van der Waals surface area contributed by atoms with E-state index in [4.69, 9.17) is 4.74 Å². The van der Waals surface area contributed by atoms with Gasteiger partial charge in [0.15, 0.2) is 16.4 Å². The van der Waals surface area contributed by atoms with Crippen LogP contribution in [0, 0.1) is 6.92 Å². The Bertz CT molecular complexity index is 740. The predicted octanol–water partition coefficient (Wildman–Crippen LogP) is 1.96. The van der Waals surface area contributed by atoms with Crippen LogP contribution in [0.5, 0.6) is 5.75 Å². The fourth-order valence-electron chi connectivity index (χ4n) is 1.90. The second kappa shape index (κ2) is 7.78. The van der Waals surface area contributed by atoms with Crippen LogP contribution >= 0.6 is 0 Å². The SMILES string of the molecule is Cc1ccc(S(=O)(=O)CCNC(=O)COc2ccccc2)cc1. The lowest BCUT2D eigenvalue weighted by Gasteiger charge is -2.08. The van der Waals surface area contributed by atoms with E-state index in [2.05, 4.69) is 5.32 Å². The number of ether oxygens (including phenoxy) is 1. The molecule has 2 aromatic rings. The third-order valence-corrected chi connectivity index (χ3v) is 4.92. The summed E-state index contributed by atoms with van der Waals surface area (Å²) in [6.07, 6.45) is 0. The summed E-state index contributed by atoms with van der Waals surface area (Å²) in [6.45, 7) is 1.80. The van der Waals surface area contributed by atoms with Gasteiger partial charge in [-0.1, -0.05) is 35.9 Å². The Morgan fingerprint density at radius 3 is 2.35 bits per heavy atom. The molecule has 1 N–H and O–H groups in total.